The molecule has 3 heterocycles. The zero-order chi connectivity index (χ0) is 18.3. The highest BCUT2D eigenvalue weighted by atomic mass is 32.1. The monoisotopic (exact) mass is 368 g/mol. The maximum Gasteiger partial charge on any atom is 0.270 e. The van der Waals surface area contributed by atoms with Crippen LogP contribution in [0.3, 0.4) is 0 Å². The Morgan fingerprint density at radius 1 is 1.35 bits per heavy atom. The van der Waals surface area contributed by atoms with Crippen molar-refractivity contribution < 1.29 is 14.3 Å². The summed E-state index contributed by atoms with van der Waals surface area (Å²) in [5.41, 5.74) is 2.66. The predicted molar refractivity (Wildman–Crippen MR) is 97.0 cm³/mol. The Morgan fingerprint density at radius 3 is 2.81 bits per heavy atom. The molecule has 0 fully saturated rings. The summed E-state index contributed by atoms with van der Waals surface area (Å²) in [6.07, 6.45) is 5.51. The maximum atomic E-state index is 12.4. The molecule has 0 bridgehead atoms. The third kappa shape index (κ3) is 2.86. The summed E-state index contributed by atoms with van der Waals surface area (Å²) in [5, 5.41) is 4.30. The second-order valence-electron chi connectivity index (χ2n) is 5.94. The Bertz CT molecular complexity index is 1130. The van der Waals surface area contributed by atoms with Gasteiger partial charge in [-0.15, -0.1) is 6.42 Å². The van der Waals surface area contributed by atoms with Crippen molar-refractivity contribution in [2.24, 2.45) is 4.99 Å². The van der Waals surface area contributed by atoms with Crippen LogP contribution in [0.25, 0.3) is 10.2 Å². The number of hydrogen-bond donors (Lipinski definition) is 0. The molecule has 1 aliphatic rings. The quantitative estimate of drug-likeness (QED) is 0.663. The molecule has 0 spiro atoms. The van der Waals surface area contributed by atoms with Crippen LogP contribution in [0.4, 0.5) is 0 Å². The summed E-state index contributed by atoms with van der Waals surface area (Å²) >= 11 is 1.39. The van der Waals surface area contributed by atoms with Gasteiger partial charge in [-0.3, -0.25) is 9.48 Å². The number of rotatable bonds is 3. The highest BCUT2D eigenvalue weighted by molar-refractivity contribution is 7.16. The van der Waals surface area contributed by atoms with E-state index in [2.05, 4.69) is 16.0 Å². The van der Waals surface area contributed by atoms with Crippen LogP contribution in [0.15, 0.2) is 23.2 Å². The first-order valence-corrected chi connectivity index (χ1v) is 8.82. The molecule has 0 aliphatic carbocycles. The topological polar surface area (TPSA) is 70.6 Å². The Hall–Kier alpha value is -3.05. The number of benzene rings is 1. The lowest BCUT2D eigenvalue weighted by molar-refractivity contribution is -0.118. The van der Waals surface area contributed by atoms with Crippen molar-refractivity contribution in [1.82, 2.24) is 14.3 Å². The SMILES string of the molecule is C#CCn1c(=NC(=O)Cn2nc(C)cc2C)sc2cc3c(cc21)OCO3. The van der Waals surface area contributed by atoms with Crippen LogP contribution in [0, 0.1) is 26.2 Å². The maximum absolute atomic E-state index is 12.4. The first-order chi connectivity index (χ1) is 12.5. The van der Waals surface area contributed by atoms with Gasteiger partial charge in [-0.05, 0) is 19.9 Å². The van der Waals surface area contributed by atoms with E-state index in [4.69, 9.17) is 15.9 Å². The summed E-state index contributed by atoms with van der Waals surface area (Å²) in [7, 11) is 0. The summed E-state index contributed by atoms with van der Waals surface area (Å²) in [4.78, 5) is 17.3. The standard InChI is InChI=1S/C18H16N4O3S/c1-4-5-21-13-7-14-15(25-10-24-14)8-16(13)26-18(21)19-17(23)9-22-12(3)6-11(2)20-22/h1,6-8H,5,9-10H2,2-3H3. The van der Waals surface area contributed by atoms with Gasteiger partial charge in [0.25, 0.3) is 5.91 Å². The molecule has 0 atom stereocenters. The number of hydrogen-bond acceptors (Lipinski definition) is 5. The fourth-order valence-corrected chi connectivity index (χ4v) is 3.95. The van der Waals surface area contributed by atoms with Gasteiger partial charge >= 0.3 is 0 Å². The molecule has 2 aromatic heterocycles. The molecule has 132 valence electrons. The summed E-state index contributed by atoms with van der Waals surface area (Å²) < 4.78 is 15.3. The van der Waals surface area contributed by atoms with Gasteiger partial charge in [0, 0.05) is 17.8 Å². The number of amides is 1. The number of nitrogens with zero attached hydrogens (tertiary/aromatic N) is 4. The first kappa shape index (κ1) is 16.4. The average Bonchev–Trinajstić information content (AvgIpc) is 3.25. The molecule has 0 radical (unpaired) electrons. The zero-order valence-electron chi connectivity index (χ0n) is 14.4. The van der Waals surface area contributed by atoms with E-state index in [1.54, 1.807) is 4.68 Å². The number of thiazole rings is 1. The molecule has 1 aliphatic heterocycles. The lowest BCUT2D eigenvalue weighted by Gasteiger charge is -2.02. The zero-order valence-corrected chi connectivity index (χ0v) is 15.2. The lowest BCUT2D eigenvalue weighted by atomic mass is 10.3. The highest BCUT2D eigenvalue weighted by Gasteiger charge is 2.18. The minimum atomic E-state index is -0.284. The van der Waals surface area contributed by atoms with Gasteiger partial charge in [-0.1, -0.05) is 17.3 Å². The van der Waals surface area contributed by atoms with E-state index in [1.807, 2.05) is 36.6 Å². The molecule has 26 heavy (non-hydrogen) atoms. The third-order valence-electron chi connectivity index (χ3n) is 4.04. The molecule has 4 rings (SSSR count). The van der Waals surface area contributed by atoms with E-state index in [0.717, 1.165) is 21.6 Å². The molecule has 7 nitrogen and oxygen atoms in total. The number of fused-ring (bicyclic) bond motifs is 2. The van der Waals surface area contributed by atoms with Crippen LogP contribution in [0.1, 0.15) is 11.4 Å². The van der Waals surface area contributed by atoms with Crippen LogP contribution < -0.4 is 14.3 Å². The molecule has 3 aromatic rings. The second kappa shape index (κ2) is 6.35. The molecule has 0 N–H and O–H groups in total. The van der Waals surface area contributed by atoms with Crippen molar-refractivity contribution >= 4 is 27.5 Å². The summed E-state index contributed by atoms with van der Waals surface area (Å²) in [6.45, 7) is 4.41. The fourth-order valence-electron chi connectivity index (χ4n) is 2.89. The van der Waals surface area contributed by atoms with Crippen LogP contribution in [-0.4, -0.2) is 27.0 Å². The van der Waals surface area contributed by atoms with Crippen LogP contribution in [-0.2, 0) is 17.9 Å². The van der Waals surface area contributed by atoms with Gasteiger partial charge in [0.15, 0.2) is 16.3 Å². The molecule has 8 heteroatoms. The smallest absolute Gasteiger partial charge is 0.270 e. The largest absolute Gasteiger partial charge is 0.454 e. The highest BCUT2D eigenvalue weighted by Crippen LogP contribution is 2.36. The fraction of sp³-hybridized carbons (Fsp3) is 0.278. The molecule has 0 saturated carbocycles. The van der Waals surface area contributed by atoms with Gasteiger partial charge in [0.1, 0.15) is 6.54 Å². The normalized spacial score (nSPS) is 13.3. The molecule has 0 saturated heterocycles. The Morgan fingerprint density at radius 2 is 2.12 bits per heavy atom. The van der Waals surface area contributed by atoms with E-state index in [-0.39, 0.29) is 19.2 Å². The Balaban J connectivity index is 1.76. The van der Waals surface area contributed by atoms with Gasteiger partial charge in [0.05, 0.1) is 22.5 Å². The van der Waals surface area contributed by atoms with Crippen molar-refractivity contribution in [1.29, 1.82) is 0 Å². The van der Waals surface area contributed by atoms with Crippen molar-refractivity contribution in [3.05, 3.63) is 34.4 Å². The van der Waals surface area contributed by atoms with Gasteiger partial charge < -0.3 is 14.0 Å². The van der Waals surface area contributed by atoms with Gasteiger partial charge in [-0.2, -0.15) is 10.1 Å². The number of carbonyl (C=O) groups excluding carboxylic acids is 1. The second-order valence-corrected chi connectivity index (χ2v) is 6.95. The predicted octanol–water partition coefficient (Wildman–Crippen LogP) is 2.01. The van der Waals surface area contributed by atoms with Gasteiger partial charge in [0.2, 0.25) is 6.79 Å². The van der Waals surface area contributed by atoms with Crippen LogP contribution in [0.2, 0.25) is 0 Å². The molecular weight excluding hydrogens is 352 g/mol. The number of aromatic nitrogens is 3. The molecule has 1 amide bonds. The van der Waals surface area contributed by atoms with E-state index in [0.29, 0.717) is 22.8 Å². The number of carbonyl (C=O) groups is 1. The summed E-state index contributed by atoms with van der Waals surface area (Å²) in [6, 6.07) is 5.68. The number of ether oxygens (including phenoxy) is 2. The van der Waals surface area contributed by atoms with Crippen molar-refractivity contribution in [2.75, 3.05) is 6.79 Å². The van der Waals surface area contributed by atoms with E-state index in [1.165, 1.54) is 11.3 Å². The minimum absolute atomic E-state index is 0.0900. The van der Waals surface area contributed by atoms with Crippen molar-refractivity contribution in [2.45, 2.75) is 26.9 Å². The number of aryl methyl sites for hydroxylation is 2. The van der Waals surface area contributed by atoms with E-state index in [9.17, 15) is 4.79 Å². The Labute approximate surface area is 153 Å². The average molecular weight is 368 g/mol. The van der Waals surface area contributed by atoms with Crippen LogP contribution >= 0.6 is 11.3 Å². The summed E-state index contributed by atoms with van der Waals surface area (Å²) in [5.74, 6) is 3.69. The van der Waals surface area contributed by atoms with E-state index >= 15 is 0 Å². The third-order valence-corrected chi connectivity index (χ3v) is 5.08. The van der Waals surface area contributed by atoms with Crippen molar-refractivity contribution in [3.63, 3.8) is 0 Å². The molecular formula is C18H16N4O3S. The van der Waals surface area contributed by atoms with Crippen molar-refractivity contribution in [3.8, 4) is 23.8 Å². The number of terminal acetylenes is 1. The first-order valence-electron chi connectivity index (χ1n) is 8.00. The minimum Gasteiger partial charge on any atom is -0.454 e. The van der Waals surface area contributed by atoms with Gasteiger partial charge in [-0.25, -0.2) is 0 Å². The molecule has 1 aromatic carbocycles. The Kier molecular flexibility index (Phi) is 4.01. The van der Waals surface area contributed by atoms with Crippen LogP contribution in [0.5, 0.6) is 11.5 Å². The lowest BCUT2D eigenvalue weighted by Crippen LogP contribution is -2.19. The van der Waals surface area contributed by atoms with E-state index < -0.39 is 0 Å². The molecule has 0 unspecified atom stereocenters.